The minimum absolute atomic E-state index is 0.345. The zero-order valence-corrected chi connectivity index (χ0v) is 19.7. The van der Waals surface area contributed by atoms with E-state index in [1.807, 2.05) is 24.8 Å². The van der Waals surface area contributed by atoms with Crippen molar-refractivity contribution in [1.82, 2.24) is 29.5 Å². The highest BCUT2D eigenvalue weighted by molar-refractivity contribution is 5.77. The molecule has 0 unspecified atom stereocenters. The molecule has 0 spiro atoms. The molecule has 0 bridgehead atoms. The molecule has 1 saturated heterocycles. The van der Waals surface area contributed by atoms with Crippen LogP contribution in [-0.4, -0.2) is 60.8 Å². The van der Waals surface area contributed by atoms with E-state index in [0.29, 0.717) is 17.1 Å². The molecule has 4 aromatic heterocycles. The van der Waals surface area contributed by atoms with Crippen LogP contribution >= 0.6 is 0 Å². The standard InChI is InChI=1S/C26H25FN8O/c1-26(36,20-2-4-22(27)5-3-20)21-15-29-25(30-16-21)34-10-8-33(9-11-34)24-23-12-18(19-13-31-32-14-19)17-35(23)7-6-28-24/h2-7,12-17,36H,8-11H2,1H3,(H,31,32)/t26-/m1/s1. The van der Waals surface area contributed by atoms with Crippen LogP contribution in [-0.2, 0) is 5.60 Å². The monoisotopic (exact) mass is 484 g/mol. The van der Waals surface area contributed by atoms with Crippen molar-refractivity contribution in [2.45, 2.75) is 12.5 Å². The molecule has 0 saturated carbocycles. The lowest BCUT2D eigenvalue weighted by Crippen LogP contribution is -2.47. The van der Waals surface area contributed by atoms with Crippen LogP contribution in [0.1, 0.15) is 18.1 Å². The molecule has 5 heterocycles. The number of nitrogens with one attached hydrogen (secondary N) is 1. The summed E-state index contributed by atoms with van der Waals surface area (Å²) in [4.78, 5) is 18.1. The maximum absolute atomic E-state index is 13.3. The number of aromatic nitrogens is 6. The summed E-state index contributed by atoms with van der Waals surface area (Å²) in [5.74, 6) is 1.21. The van der Waals surface area contributed by atoms with Gasteiger partial charge in [-0.1, -0.05) is 12.1 Å². The van der Waals surface area contributed by atoms with Crippen LogP contribution in [0.5, 0.6) is 0 Å². The molecule has 0 radical (unpaired) electrons. The highest BCUT2D eigenvalue weighted by Gasteiger charge is 2.28. The third kappa shape index (κ3) is 3.95. The summed E-state index contributed by atoms with van der Waals surface area (Å²) < 4.78 is 15.4. The molecule has 9 nitrogen and oxygen atoms in total. The Morgan fingerprint density at radius 2 is 1.64 bits per heavy atom. The molecule has 1 aliphatic heterocycles. The molecule has 1 aromatic carbocycles. The van der Waals surface area contributed by atoms with Crippen molar-refractivity contribution in [1.29, 1.82) is 0 Å². The Morgan fingerprint density at radius 1 is 0.917 bits per heavy atom. The molecule has 36 heavy (non-hydrogen) atoms. The van der Waals surface area contributed by atoms with Gasteiger partial charge in [-0.2, -0.15) is 5.10 Å². The lowest BCUT2D eigenvalue weighted by molar-refractivity contribution is 0.101. The number of H-pyrrole nitrogens is 1. The molecule has 1 fully saturated rings. The third-order valence-electron chi connectivity index (χ3n) is 6.80. The van der Waals surface area contributed by atoms with Gasteiger partial charge in [0.15, 0.2) is 5.82 Å². The molecule has 6 rings (SSSR count). The average molecular weight is 485 g/mol. The smallest absolute Gasteiger partial charge is 0.225 e. The first-order valence-corrected chi connectivity index (χ1v) is 11.8. The highest BCUT2D eigenvalue weighted by Crippen LogP contribution is 2.30. The quantitative estimate of drug-likeness (QED) is 0.395. The van der Waals surface area contributed by atoms with Crippen molar-refractivity contribution >= 4 is 17.3 Å². The number of rotatable bonds is 5. The Kier molecular flexibility index (Phi) is 5.37. The fourth-order valence-electron chi connectivity index (χ4n) is 4.63. The van der Waals surface area contributed by atoms with Gasteiger partial charge < -0.3 is 19.3 Å². The van der Waals surface area contributed by atoms with Gasteiger partial charge in [0.05, 0.1) is 11.7 Å². The summed E-state index contributed by atoms with van der Waals surface area (Å²) >= 11 is 0. The van der Waals surface area contributed by atoms with Gasteiger partial charge >= 0.3 is 0 Å². The number of hydrogen-bond donors (Lipinski definition) is 2. The fourth-order valence-corrected chi connectivity index (χ4v) is 4.63. The van der Waals surface area contributed by atoms with Crippen molar-refractivity contribution in [3.8, 4) is 11.1 Å². The van der Waals surface area contributed by atoms with Gasteiger partial charge in [0.25, 0.3) is 0 Å². The van der Waals surface area contributed by atoms with Crippen molar-refractivity contribution in [2.24, 2.45) is 0 Å². The Bertz CT molecular complexity index is 1470. The predicted molar refractivity (Wildman–Crippen MR) is 134 cm³/mol. The second-order valence-electron chi connectivity index (χ2n) is 9.08. The first kappa shape index (κ1) is 22.2. The first-order chi connectivity index (χ1) is 17.5. The molecule has 0 amide bonds. The molecule has 10 heteroatoms. The van der Waals surface area contributed by atoms with E-state index >= 15 is 0 Å². The summed E-state index contributed by atoms with van der Waals surface area (Å²) in [6, 6.07) is 7.94. The summed E-state index contributed by atoms with van der Waals surface area (Å²) in [7, 11) is 0. The largest absolute Gasteiger partial charge is 0.381 e. The SMILES string of the molecule is C[C@@](O)(c1ccc(F)cc1)c1cnc(N2CCN(c3nccn4cc(-c5cn[nH]c5)cc34)CC2)nc1. The maximum Gasteiger partial charge on any atom is 0.225 e. The average Bonchev–Trinajstić information content (AvgIpc) is 3.59. The van der Waals surface area contributed by atoms with E-state index in [2.05, 4.69) is 51.6 Å². The number of aromatic amines is 1. The molecule has 182 valence electrons. The van der Waals surface area contributed by atoms with Crippen LogP contribution in [0.3, 0.4) is 0 Å². The van der Waals surface area contributed by atoms with E-state index in [9.17, 15) is 9.50 Å². The lowest BCUT2D eigenvalue weighted by atomic mass is 9.90. The summed E-state index contributed by atoms with van der Waals surface area (Å²) in [5.41, 5.74) is 2.98. The van der Waals surface area contributed by atoms with Crippen molar-refractivity contribution < 1.29 is 9.50 Å². The number of anilines is 2. The molecule has 1 atom stereocenters. The maximum atomic E-state index is 13.3. The van der Waals surface area contributed by atoms with Crippen LogP contribution in [0.2, 0.25) is 0 Å². The number of fused-ring (bicyclic) bond motifs is 1. The van der Waals surface area contributed by atoms with Gasteiger partial charge in [0.1, 0.15) is 11.4 Å². The fraction of sp³-hybridized carbons (Fsp3) is 0.231. The number of halogens is 1. The Labute approximate surface area is 206 Å². The Morgan fingerprint density at radius 3 is 2.33 bits per heavy atom. The second kappa shape index (κ2) is 8.72. The molecular formula is C26H25FN8O. The second-order valence-corrected chi connectivity index (χ2v) is 9.08. The zero-order chi connectivity index (χ0) is 24.7. The van der Waals surface area contributed by atoms with Crippen molar-refractivity contribution in [3.63, 3.8) is 0 Å². The number of nitrogens with zero attached hydrogens (tertiary/aromatic N) is 7. The summed E-state index contributed by atoms with van der Waals surface area (Å²) in [6.07, 6.45) is 12.8. The topological polar surface area (TPSA) is 98.5 Å². The van der Waals surface area contributed by atoms with Crippen LogP contribution in [0, 0.1) is 5.82 Å². The van der Waals surface area contributed by atoms with E-state index < -0.39 is 5.60 Å². The lowest BCUT2D eigenvalue weighted by Gasteiger charge is -2.35. The van der Waals surface area contributed by atoms with Gasteiger partial charge in [0.2, 0.25) is 5.95 Å². The zero-order valence-electron chi connectivity index (χ0n) is 19.7. The third-order valence-corrected chi connectivity index (χ3v) is 6.80. The number of aliphatic hydroxyl groups is 1. The van der Waals surface area contributed by atoms with Gasteiger partial charge in [-0.25, -0.2) is 19.3 Å². The number of benzene rings is 1. The minimum Gasteiger partial charge on any atom is -0.381 e. The molecule has 2 N–H and O–H groups in total. The van der Waals surface area contributed by atoms with Crippen LogP contribution < -0.4 is 9.80 Å². The predicted octanol–water partition coefficient (Wildman–Crippen LogP) is 3.24. The van der Waals surface area contributed by atoms with Crippen molar-refractivity contribution in [2.75, 3.05) is 36.0 Å². The van der Waals surface area contributed by atoms with E-state index in [0.717, 1.165) is 48.6 Å². The van der Waals surface area contributed by atoms with E-state index in [1.54, 1.807) is 31.5 Å². The molecule has 0 aliphatic carbocycles. The van der Waals surface area contributed by atoms with Gasteiger partial charge in [0, 0.05) is 80.1 Å². The Balaban J connectivity index is 1.17. The van der Waals surface area contributed by atoms with Crippen LogP contribution in [0.15, 0.2) is 73.7 Å². The van der Waals surface area contributed by atoms with Gasteiger partial charge in [-0.15, -0.1) is 0 Å². The summed E-state index contributed by atoms with van der Waals surface area (Å²) in [5, 5.41) is 17.9. The normalized spacial score (nSPS) is 15.9. The summed E-state index contributed by atoms with van der Waals surface area (Å²) in [6.45, 7) is 4.69. The van der Waals surface area contributed by atoms with Gasteiger partial charge in [-0.05, 0) is 30.7 Å². The molecule has 5 aromatic rings. The number of hydrogen-bond acceptors (Lipinski definition) is 7. The van der Waals surface area contributed by atoms with E-state index in [1.165, 1.54) is 12.1 Å². The van der Waals surface area contributed by atoms with Gasteiger partial charge in [-0.3, -0.25) is 5.10 Å². The van der Waals surface area contributed by atoms with Crippen LogP contribution in [0.4, 0.5) is 16.2 Å². The first-order valence-electron chi connectivity index (χ1n) is 11.8. The molecule has 1 aliphatic rings. The van der Waals surface area contributed by atoms with Crippen molar-refractivity contribution in [3.05, 3.63) is 90.7 Å². The van der Waals surface area contributed by atoms with E-state index in [4.69, 9.17) is 0 Å². The van der Waals surface area contributed by atoms with E-state index in [-0.39, 0.29) is 5.82 Å². The highest BCUT2D eigenvalue weighted by atomic mass is 19.1. The van der Waals surface area contributed by atoms with Crippen LogP contribution in [0.25, 0.3) is 16.6 Å². The Hall–Kier alpha value is -4.31. The number of piperazine rings is 1. The molecular weight excluding hydrogens is 459 g/mol. The minimum atomic E-state index is -1.32.